The van der Waals surface area contributed by atoms with Gasteiger partial charge in [-0.25, -0.2) is 4.79 Å². The van der Waals surface area contributed by atoms with Gasteiger partial charge in [0.05, 0.1) is 0 Å². The summed E-state index contributed by atoms with van der Waals surface area (Å²) < 4.78 is 5.29. The minimum Gasteiger partial charge on any atom is -0.444 e. The van der Waals surface area contributed by atoms with Crippen LogP contribution >= 0.6 is 0 Å². The molecule has 1 fully saturated rings. The standard InChI is InChI=1S/C15H21N3O3/c1-11-9-12(5-6-16-11)18-8-7-17(10-13(18)19)14(20)21-15(2,3)4/h5-6,9H,7-8,10H2,1-4H3. The molecule has 0 aromatic carbocycles. The molecule has 0 atom stereocenters. The summed E-state index contributed by atoms with van der Waals surface area (Å²) in [6.07, 6.45) is 1.24. The lowest BCUT2D eigenvalue weighted by Gasteiger charge is -2.35. The van der Waals surface area contributed by atoms with Gasteiger partial charge in [-0.15, -0.1) is 0 Å². The van der Waals surface area contributed by atoms with Crippen LogP contribution in [0, 0.1) is 6.92 Å². The van der Waals surface area contributed by atoms with Gasteiger partial charge in [0, 0.05) is 30.7 Å². The molecule has 0 bridgehead atoms. The van der Waals surface area contributed by atoms with E-state index in [1.54, 1.807) is 17.2 Å². The molecule has 1 aliphatic heterocycles. The van der Waals surface area contributed by atoms with E-state index in [4.69, 9.17) is 4.74 Å². The number of aryl methyl sites for hydroxylation is 1. The summed E-state index contributed by atoms with van der Waals surface area (Å²) >= 11 is 0. The molecule has 21 heavy (non-hydrogen) atoms. The molecule has 0 aliphatic carbocycles. The summed E-state index contributed by atoms with van der Waals surface area (Å²) in [6, 6.07) is 3.66. The van der Waals surface area contributed by atoms with Crippen LogP contribution in [0.2, 0.25) is 0 Å². The fraction of sp³-hybridized carbons (Fsp3) is 0.533. The van der Waals surface area contributed by atoms with Gasteiger partial charge < -0.3 is 9.64 Å². The van der Waals surface area contributed by atoms with E-state index in [0.717, 1.165) is 11.4 Å². The van der Waals surface area contributed by atoms with Gasteiger partial charge in [0.15, 0.2) is 0 Å². The van der Waals surface area contributed by atoms with Gasteiger partial charge >= 0.3 is 6.09 Å². The molecule has 2 heterocycles. The van der Waals surface area contributed by atoms with Crippen molar-refractivity contribution in [3.05, 3.63) is 24.0 Å². The zero-order chi connectivity index (χ0) is 15.6. The van der Waals surface area contributed by atoms with Crippen LogP contribution < -0.4 is 4.90 Å². The average Bonchev–Trinajstić information content (AvgIpc) is 2.36. The van der Waals surface area contributed by atoms with E-state index in [2.05, 4.69) is 4.98 Å². The summed E-state index contributed by atoms with van der Waals surface area (Å²) in [4.78, 5) is 31.5. The summed E-state index contributed by atoms with van der Waals surface area (Å²) in [5.41, 5.74) is 1.12. The first kappa shape index (κ1) is 15.3. The molecule has 6 heteroatoms. The highest BCUT2D eigenvalue weighted by atomic mass is 16.6. The third-order valence-electron chi connectivity index (χ3n) is 3.06. The predicted octanol–water partition coefficient (Wildman–Crippen LogP) is 1.97. The molecular weight excluding hydrogens is 270 g/mol. The van der Waals surface area contributed by atoms with Crippen LogP contribution in [0.15, 0.2) is 18.3 Å². The Kier molecular flexibility index (Phi) is 4.16. The van der Waals surface area contributed by atoms with Crippen molar-refractivity contribution < 1.29 is 14.3 Å². The van der Waals surface area contributed by atoms with Crippen LogP contribution in [0.4, 0.5) is 10.5 Å². The first-order valence-corrected chi connectivity index (χ1v) is 6.97. The minimum absolute atomic E-state index is 0.0380. The first-order valence-electron chi connectivity index (χ1n) is 6.97. The van der Waals surface area contributed by atoms with Gasteiger partial charge in [0.25, 0.3) is 0 Å². The summed E-state index contributed by atoms with van der Waals surface area (Å²) in [6.45, 7) is 8.26. The van der Waals surface area contributed by atoms with Crippen molar-refractivity contribution in [2.24, 2.45) is 0 Å². The Hall–Kier alpha value is -2.11. The Labute approximate surface area is 124 Å². The third-order valence-corrected chi connectivity index (χ3v) is 3.06. The minimum atomic E-state index is -0.556. The number of anilines is 1. The van der Waals surface area contributed by atoms with Crippen molar-refractivity contribution in [1.82, 2.24) is 9.88 Å². The highest BCUT2D eigenvalue weighted by Crippen LogP contribution is 2.18. The molecule has 0 N–H and O–H groups in total. The molecule has 0 radical (unpaired) electrons. The molecule has 6 nitrogen and oxygen atoms in total. The number of hydrogen-bond acceptors (Lipinski definition) is 4. The number of carbonyl (C=O) groups excluding carboxylic acids is 2. The lowest BCUT2D eigenvalue weighted by Crippen LogP contribution is -2.53. The van der Waals surface area contributed by atoms with Crippen LogP contribution in [0.1, 0.15) is 26.5 Å². The second-order valence-electron chi connectivity index (χ2n) is 6.10. The number of piperazine rings is 1. The summed E-state index contributed by atoms with van der Waals surface area (Å²) in [5, 5.41) is 0. The number of nitrogens with zero attached hydrogens (tertiary/aromatic N) is 3. The molecule has 1 aromatic heterocycles. The molecule has 0 unspecified atom stereocenters. The number of rotatable bonds is 1. The number of carbonyl (C=O) groups is 2. The van der Waals surface area contributed by atoms with Crippen molar-refractivity contribution in [3.63, 3.8) is 0 Å². The van der Waals surface area contributed by atoms with Crippen LogP contribution in [-0.4, -0.2) is 47.1 Å². The Morgan fingerprint density at radius 1 is 1.33 bits per heavy atom. The van der Waals surface area contributed by atoms with Crippen molar-refractivity contribution in [2.45, 2.75) is 33.3 Å². The number of ether oxygens (including phenoxy) is 1. The highest BCUT2D eigenvalue weighted by molar-refractivity contribution is 5.97. The Morgan fingerprint density at radius 3 is 2.62 bits per heavy atom. The number of aromatic nitrogens is 1. The average molecular weight is 291 g/mol. The van der Waals surface area contributed by atoms with Crippen LogP contribution in [0.3, 0.4) is 0 Å². The van der Waals surface area contributed by atoms with Crippen molar-refractivity contribution in [2.75, 3.05) is 24.5 Å². The topological polar surface area (TPSA) is 62.7 Å². The van der Waals surface area contributed by atoms with Crippen molar-refractivity contribution in [3.8, 4) is 0 Å². The van der Waals surface area contributed by atoms with Crippen LogP contribution in [0.25, 0.3) is 0 Å². The molecule has 2 amide bonds. The van der Waals surface area contributed by atoms with Gasteiger partial charge in [0.2, 0.25) is 5.91 Å². The summed E-state index contributed by atoms with van der Waals surface area (Å²) in [7, 11) is 0. The zero-order valence-electron chi connectivity index (χ0n) is 12.9. The maximum Gasteiger partial charge on any atom is 0.410 e. The maximum absolute atomic E-state index is 12.2. The predicted molar refractivity (Wildman–Crippen MR) is 79.1 cm³/mol. The van der Waals surface area contributed by atoms with Gasteiger partial charge in [-0.3, -0.25) is 14.7 Å². The van der Waals surface area contributed by atoms with E-state index < -0.39 is 11.7 Å². The number of pyridine rings is 1. The van der Waals surface area contributed by atoms with Crippen LogP contribution in [0.5, 0.6) is 0 Å². The Balaban J connectivity index is 2.03. The Bertz CT molecular complexity index is 551. The van der Waals surface area contributed by atoms with Gasteiger partial charge in [-0.2, -0.15) is 0 Å². The molecule has 0 spiro atoms. The normalized spacial score (nSPS) is 16.1. The smallest absolute Gasteiger partial charge is 0.410 e. The second-order valence-corrected chi connectivity index (χ2v) is 6.10. The van der Waals surface area contributed by atoms with E-state index >= 15 is 0 Å². The highest BCUT2D eigenvalue weighted by Gasteiger charge is 2.30. The molecular formula is C15H21N3O3. The fourth-order valence-corrected chi connectivity index (χ4v) is 2.13. The Morgan fingerprint density at radius 2 is 2.05 bits per heavy atom. The molecule has 1 saturated heterocycles. The SMILES string of the molecule is Cc1cc(N2CCN(C(=O)OC(C)(C)C)CC2=O)ccn1. The lowest BCUT2D eigenvalue weighted by molar-refractivity contribution is -0.121. The zero-order valence-corrected chi connectivity index (χ0v) is 12.9. The number of hydrogen-bond donors (Lipinski definition) is 0. The third kappa shape index (κ3) is 3.93. The van der Waals surface area contributed by atoms with Gasteiger partial charge in [0.1, 0.15) is 12.1 Å². The number of amides is 2. The van der Waals surface area contributed by atoms with E-state index in [9.17, 15) is 9.59 Å². The fourth-order valence-electron chi connectivity index (χ4n) is 2.13. The van der Waals surface area contributed by atoms with E-state index in [0.29, 0.717) is 13.1 Å². The molecule has 0 saturated carbocycles. The van der Waals surface area contributed by atoms with E-state index in [1.807, 2.05) is 33.8 Å². The molecule has 1 aromatic rings. The second kappa shape index (κ2) is 5.71. The first-order chi connectivity index (χ1) is 9.76. The van der Waals surface area contributed by atoms with Gasteiger partial charge in [-0.1, -0.05) is 0 Å². The molecule has 2 rings (SSSR count). The molecule has 1 aliphatic rings. The summed E-state index contributed by atoms with van der Waals surface area (Å²) in [5.74, 6) is -0.113. The van der Waals surface area contributed by atoms with Crippen LogP contribution in [-0.2, 0) is 9.53 Å². The van der Waals surface area contributed by atoms with Crippen molar-refractivity contribution in [1.29, 1.82) is 0 Å². The monoisotopic (exact) mass is 291 g/mol. The van der Waals surface area contributed by atoms with E-state index in [-0.39, 0.29) is 12.5 Å². The van der Waals surface area contributed by atoms with Crippen molar-refractivity contribution >= 4 is 17.7 Å². The largest absolute Gasteiger partial charge is 0.444 e. The maximum atomic E-state index is 12.2. The van der Waals surface area contributed by atoms with Gasteiger partial charge in [-0.05, 0) is 39.8 Å². The molecule has 114 valence electrons. The quantitative estimate of drug-likeness (QED) is 0.793. The van der Waals surface area contributed by atoms with E-state index in [1.165, 1.54) is 4.90 Å². The lowest BCUT2D eigenvalue weighted by atomic mass is 10.2.